The van der Waals surface area contributed by atoms with Gasteiger partial charge in [0.25, 0.3) is 10.1 Å². The molecule has 0 spiro atoms. The number of halogens is 1. The van der Waals surface area contributed by atoms with E-state index in [1.54, 1.807) is 6.92 Å². The molecule has 1 aliphatic rings. The molecule has 0 amide bonds. The zero-order valence-electron chi connectivity index (χ0n) is 18.3. The Balaban J connectivity index is 1.45. The van der Waals surface area contributed by atoms with Crippen molar-refractivity contribution in [2.75, 3.05) is 30.5 Å². The molecule has 11 nitrogen and oxygen atoms in total. The van der Waals surface area contributed by atoms with Gasteiger partial charge in [0.05, 0.1) is 30.3 Å². The summed E-state index contributed by atoms with van der Waals surface area (Å²) >= 11 is 6.27. The maximum atomic E-state index is 11.9. The van der Waals surface area contributed by atoms with Gasteiger partial charge in [-0.2, -0.15) is 28.4 Å². The minimum absolute atomic E-state index is 0.00590. The van der Waals surface area contributed by atoms with E-state index in [0.717, 1.165) is 25.0 Å². The van der Waals surface area contributed by atoms with Gasteiger partial charge in [-0.3, -0.25) is 8.86 Å². The fraction of sp³-hybridized carbons (Fsp3) is 0.500. The third-order valence-electron chi connectivity index (χ3n) is 5.98. The fourth-order valence-corrected chi connectivity index (χ4v) is 5.49. The molecule has 0 aliphatic heterocycles. The van der Waals surface area contributed by atoms with Crippen LogP contribution in [0.3, 0.4) is 0 Å². The Morgan fingerprint density at radius 1 is 1.39 bits per heavy atom. The monoisotopic (exact) mass is 492 g/mol. The average Bonchev–Trinajstić information content (AvgIpc) is 3.49. The number of aryl methyl sites for hydroxylation is 1. The zero-order valence-corrected chi connectivity index (χ0v) is 19.9. The number of hydrogen-bond acceptors (Lipinski definition) is 9. The Kier molecular flexibility index (Phi) is 6.47. The van der Waals surface area contributed by atoms with Gasteiger partial charge in [-0.25, -0.2) is 4.98 Å². The quantitative estimate of drug-likeness (QED) is 0.451. The van der Waals surface area contributed by atoms with Crippen molar-refractivity contribution in [2.24, 2.45) is 5.92 Å². The van der Waals surface area contributed by atoms with Crippen molar-refractivity contribution in [1.29, 1.82) is 5.26 Å². The Hall–Kier alpha value is -2.88. The third kappa shape index (κ3) is 4.62. The number of anilines is 2. The van der Waals surface area contributed by atoms with Gasteiger partial charge in [0.15, 0.2) is 5.65 Å². The van der Waals surface area contributed by atoms with E-state index >= 15 is 0 Å². The predicted octanol–water partition coefficient (Wildman–Crippen LogP) is 2.31. The van der Waals surface area contributed by atoms with Gasteiger partial charge in [0, 0.05) is 19.2 Å². The van der Waals surface area contributed by atoms with Gasteiger partial charge in [0.1, 0.15) is 28.3 Å². The van der Waals surface area contributed by atoms with E-state index in [0.29, 0.717) is 35.1 Å². The van der Waals surface area contributed by atoms with Crippen molar-refractivity contribution in [1.82, 2.24) is 24.4 Å². The Bertz CT molecular complexity index is 1330. The highest BCUT2D eigenvalue weighted by Gasteiger charge is 2.33. The maximum absolute atomic E-state index is 11.9. The molecular weight excluding hydrogens is 468 g/mol. The molecule has 3 aromatic heterocycles. The number of rotatable bonds is 8. The molecule has 33 heavy (non-hydrogen) atoms. The molecule has 3 heterocycles. The first-order chi connectivity index (χ1) is 15.7. The molecule has 0 saturated heterocycles. The Labute approximate surface area is 196 Å². The Morgan fingerprint density at radius 3 is 2.91 bits per heavy atom. The summed E-state index contributed by atoms with van der Waals surface area (Å²) < 4.78 is 31.6. The fourth-order valence-electron chi connectivity index (χ4n) is 4.28. The van der Waals surface area contributed by atoms with E-state index in [-0.39, 0.29) is 29.1 Å². The molecule has 13 heteroatoms. The summed E-state index contributed by atoms with van der Waals surface area (Å²) in [6.07, 6.45) is 5.12. The summed E-state index contributed by atoms with van der Waals surface area (Å²) in [5.41, 5.74) is 8.10. The first-order valence-electron chi connectivity index (χ1n) is 10.5. The molecule has 3 N–H and O–H groups in total. The standard InChI is InChI=1S/C20H25ClN8O3S/c1-12-17(21)20-25-19(15(10-22)18(23)29(20)26-12)24-8-6-14-7-9-28(27-14)16-5-3-4-13(16)11-33(30,31)32-2/h7,9,13,16H,3-6,8,11,23H2,1-2H3,(H,24,25). The van der Waals surface area contributed by atoms with Crippen molar-refractivity contribution in [3.05, 3.63) is 34.2 Å². The molecule has 1 fully saturated rings. The number of nitrogens with zero attached hydrogens (tertiary/aromatic N) is 6. The van der Waals surface area contributed by atoms with Crippen LogP contribution in [0.5, 0.6) is 0 Å². The van der Waals surface area contributed by atoms with Crippen LogP contribution in [-0.2, 0) is 20.7 Å². The van der Waals surface area contributed by atoms with E-state index in [2.05, 4.69) is 30.8 Å². The zero-order chi connectivity index (χ0) is 23.8. The van der Waals surface area contributed by atoms with Crippen LogP contribution in [0.4, 0.5) is 11.6 Å². The van der Waals surface area contributed by atoms with Crippen LogP contribution in [0.2, 0.25) is 5.02 Å². The molecule has 176 valence electrons. The number of nitrogens with two attached hydrogens (primary N) is 1. The summed E-state index contributed by atoms with van der Waals surface area (Å²) in [6.45, 7) is 2.21. The lowest BCUT2D eigenvalue weighted by Crippen LogP contribution is -2.23. The number of fused-ring (bicyclic) bond motifs is 1. The summed E-state index contributed by atoms with van der Waals surface area (Å²) in [6, 6.07) is 4.01. The minimum atomic E-state index is -3.52. The average molecular weight is 493 g/mol. The second kappa shape index (κ2) is 9.17. The number of nitrogens with one attached hydrogen (secondary N) is 1. The van der Waals surface area contributed by atoms with Gasteiger partial charge >= 0.3 is 0 Å². The van der Waals surface area contributed by atoms with E-state index in [1.165, 1.54) is 11.6 Å². The van der Waals surface area contributed by atoms with E-state index in [9.17, 15) is 13.7 Å². The molecular formula is C20H25ClN8O3S. The Morgan fingerprint density at radius 2 is 2.18 bits per heavy atom. The van der Waals surface area contributed by atoms with Crippen LogP contribution in [0, 0.1) is 24.2 Å². The third-order valence-corrected chi connectivity index (χ3v) is 7.77. The second-order valence-corrected chi connectivity index (χ2v) is 10.2. The smallest absolute Gasteiger partial charge is 0.267 e. The van der Waals surface area contributed by atoms with Crippen molar-refractivity contribution < 1.29 is 12.6 Å². The van der Waals surface area contributed by atoms with Crippen molar-refractivity contribution >= 4 is 39.0 Å². The highest BCUT2D eigenvalue weighted by Crippen LogP contribution is 2.36. The van der Waals surface area contributed by atoms with Gasteiger partial charge in [-0.05, 0) is 31.7 Å². The molecule has 0 aromatic carbocycles. The number of hydrogen-bond donors (Lipinski definition) is 2. The maximum Gasteiger partial charge on any atom is 0.267 e. The van der Waals surface area contributed by atoms with Crippen LogP contribution in [-0.4, -0.2) is 52.2 Å². The lowest BCUT2D eigenvalue weighted by Gasteiger charge is -2.19. The summed E-state index contributed by atoms with van der Waals surface area (Å²) in [5, 5.41) is 22.0. The molecule has 1 aliphatic carbocycles. The predicted molar refractivity (Wildman–Crippen MR) is 123 cm³/mol. The van der Waals surface area contributed by atoms with Crippen LogP contribution in [0.15, 0.2) is 12.3 Å². The number of nitriles is 1. The van der Waals surface area contributed by atoms with E-state index < -0.39 is 10.1 Å². The van der Waals surface area contributed by atoms with E-state index in [1.807, 2.05) is 16.9 Å². The second-order valence-electron chi connectivity index (χ2n) is 8.08. The van der Waals surface area contributed by atoms with Crippen LogP contribution in [0.25, 0.3) is 5.65 Å². The summed E-state index contributed by atoms with van der Waals surface area (Å²) in [7, 11) is -2.33. The molecule has 0 radical (unpaired) electrons. The number of aromatic nitrogens is 5. The van der Waals surface area contributed by atoms with Crippen LogP contribution in [0.1, 0.15) is 42.3 Å². The van der Waals surface area contributed by atoms with Crippen LogP contribution < -0.4 is 11.1 Å². The highest BCUT2D eigenvalue weighted by molar-refractivity contribution is 7.86. The van der Waals surface area contributed by atoms with Crippen LogP contribution >= 0.6 is 11.6 Å². The lowest BCUT2D eigenvalue weighted by atomic mass is 10.1. The molecule has 0 bridgehead atoms. The van der Waals surface area contributed by atoms with Crippen molar-refractivity contribution in [3.63, 3.8) is 0 Å². The highest BCUT2D eigenvalue weighted by atomic mass is 35.5. The van der Waals surface area contributed by atoms with Gasteiger partial charge in [-0.15, -0.1) is 0 Å². The molecule has 2 atom stereocenters. The summed E-state index contributed by atoms with van der Waals surface area (Å²) in [5.74, 6) is 0.474. The topological polar surface area (TPSA) is 153 Å². The van der Waals surface area contributed by atoms with E-state index in [4.69, 9.17) is 17.3 Å². The first kappa shape index (κ1) is 23.3. The largest absolute Gasteiger partial charge is 0.382 e. The number of nitrogen functional groups attached to an aromatic ring is 1. The first-order valence-corrected chi connectivity index (χ1v) is 12.5. The normalized spacial score (nSPS) is 18.6. The van der Waals surface area contributed by atoms with Crippen molar-refractivity contribution in [2.45, 2.75) is 38.6 Å². The molecule has 3 aromatic rings. The minimum Gasteiger partial charge on any atom is -0.382 e. The lowest BCUT2D eigenvalue weighted by molar-refractivity contribution is 0.349. The van der Waals surface area contributed by atoms with Gasteiger partial charge in [-0.1, -0.05) is 18.0 Å². The SMILES string of the molecule is COS(=O)(=O)CC1CCCC1n1ccc(CCNc2nc3c(Cl)c(C)nn3c(N)c2C#N)n1. The molecule has 2 unspecified atom stereocenters. The molecule has 4 rings (SSSR count). The molecule has 1 saturated carbocycles. The van der Waals surface area contributed by atoms with Gasteiger partial charge in [0.2, 0.25) is 0 Å². The van der Waals surface area contributed by atoms with Crippen molar-refractivity contribution in [3.8, 4) is 6.07 Å². The van der Waals surface area contributed by atoms with Gasteiger partial charge < -0.3 is 11.1 Å². The summed E-state index contributed by atoms with van der Waals surface area (Å²) in [4.78, 5) is 4.44.